The highest BCUT2D eigenvalue weighted by Gasteiger charge is 2.72. The SMILES string of the molecule is CCC(=O)NCCCCC(NC(=O)OC1CC[C@]2(CO2)C([C@]2(C)O[C@@H]2CCC(C)C)C1OC)C(=O)OC. The highest BCUT2D eigenvalue weighted by atomic mass is 16.6. The molecule has 3 aliphatic rings. The minimum atomic E-state index is -0.831. The van der Waals surface area contributed by atoms with Crippen molar-refractivity contribution in [2.24, 2.45) is 11.8 Å². The number of hydrogen-bond acceptors (Lipinski definition) is 8. The Hall–Kier alpha value is -1.91. The molecule has 10 nitrogen and oxygen atoms in total. The molecule has 2 amide bonds. The van der Waals surface area contributed by atoms with E-state index in [0.29, 0.717) is 51.2 Å². The van der Waals surface area contributed by atoms with Gasteiger partial charge in [0.15, 0.2) is 0 Å². The van der Waals surface area contributed by atoms with Gasteiger partial charge in [-0.05, 0) is 57.8 Å². The third-order valence-electron chi connectivity index (χ3n) is 8.10. The lowest BCUT2D eigenvalue weighted by Crippen LogP contribution is -2.56. The summed E-state index contributed by atoms with van der Waals surface area (Å²) >= 11 is 0. The molecule has 0 aromatic heterocycles. The zero-order valence-electron chi connectivity index (χ0n) is 23.3. The molecule has 7 atom stereocenters. The van der Waals surface area contributed by atoms with Crippen molar-refractivity contribution < 1.29 is 38.1 Å². The molecule has 1 spiro atoms. The van der Waals surface area contributed by atoms with Crippen LogP contribution in [0.3, 0.4) is 0 Å². The lowest BCUT2D eigenvalue weighted by molar-refractivity contribution is -0.143. The first-order chi connectivity index (χ1) is 17.6. The second-order valence-corrected chi connectivity index (χ2v) is 11.2. The number of rotatable bonds is 14. The number of unbranched alkanes of at least 4 members (excludes halogenated alkanes) is 1. The van der Waals surface area contributed by atoms with Crippen LogP contribution in [0.15, 0.2) is 0 Å². The van der Waals surface area contributed by atoms with Gasteiger partial charge in [0.25, 0.3) is 0 Å². The van der Waals surface area contributed by atoms with Crippen molar-refractivity contribution in [2.75, 3.05) is 27.4 Å². The van der Waals surface area contributed by atoms with Crippen molar-refractivity contribution in [3.63, 3.8) is 0 Å². The molecule has 1 saturated carbocycles. The fourth-order valence-electron chi connectivity index (χ4n) is 5.81. The summed E-state index contributed by atoms with van der Waals surface area (Å²) in [5.41, 5.74) is -0.674. The van der Waals surface area contributed by atoms with Crippen LogP contribution >= 0.6 is 0 Å². The van der Waals surface area contributed by atoms with Crippen molar-refractivity contribution in [2.45, 2.75) is 115 Å². The molecule has 2 saturated heterocycles. The lowest BCUT2D eigenvalue weighted by atomic mass is 9.68. The number of alkyl carbamates (subject to hydrolysis) is 1. The van der Waals surface area contributed by atoms with E-state index in [1.165, 1.54) is 7.11 Å². The van der Waals surface area contributed by atoms with Crippen LogP contribution in [0.4, 0.5) is 4.79 Å². The predicted molar refractivity (Wildman–Crippen MR) is 136 cm³/mol. The third-order valence-corrected chi connectivity index (χ3v) is 8.10. The van der Waals surface area contributed by atoms with Gasteiger partial charge in [-0.3, -0.25) is 4.79 Å². The standard InChI is InChI=1S/C27H46N2O8/c1-7-21(30)28-15-9-8-10-18(24(31)34-6)29-25(32)36-19-13-14-27(16-35-27)23(22(19)33-5)26(4)20(37-26)12-11-17(2)3/h17-20,22-23H,7-16H2,1-6H3,(H,28,30)(H,29,32)/t18?,19?,20-,22?,23?,26-,27+/m1/s1. The maximum atomic E-state index is 12.9. The van der Waals surface area contributed by atoms with Gasteiger partial charge < -0.3 is 34.3 Å². The molecule has 4 unspecified atom stereocenters. The van der Waals surface area contributed by atoms with Gasteiger partial charge in [-0.1, -0.05) is 20.8 Å². The first-order valence-electron chi connectivity index (χ1n) is 13.8. The van der Waals surface area contributed by atoms with Crippen LogP contribution in [0.5, 0.6) is 0 Å². The van der Waals surface area contributed by atoms with Gasteiger partial charge >= 0.3 is 12.1 Å². The molecule has 0 aromatic carbocycles. The molecule has 2 N–H and O–H groups in total. The number of ether oxygens (including phenoxy) is 5. The topological polar surface area (TPSA) is 128 Å². The summed E-state index contributed by atoms with van der Waals surface area (Å²) in [6, 6.07) is -0.831. The van der Waals surface area contributed by atoms with Gasteiger partial charge in [0.2, 0.25) is 5.91 Å². The maximum absolute atomic E-state index is 12.9. The fourth-order valence-corrected chi connectivity index (χ4v) is 5.81. The van der Waals surface area contributed by atoms with E-state index in [2.05, 4.69) is 31.4 Å². The summed E-state index contributed by atoms with van der Waals surface area (Å²) in [4.78, 5) is 36.6. The van der Waals surface area contributed by atoms with Gasteiger partial charge in [0, 0.05) is 20.1 Å². The quantitative estimate of drug-likeness (QED) is 0.201. The Morgan fingerprint density at radius 1 is 1.14 bits per heavy atom. The number of amides is 2. The van der Waals surface area contributed by atoms with Gasteiger partial charge in [-0.25, -0.2) is 9.59 Å². The zero-order valence-corrected chi connectivity index (χ0v) is 23.3. The van der Waals surface area contributed by atoms with Gasteiger partial charge in [0.1, 0.15) is 29.5 Å². The second-order valence-electron chi connectivity index (χ2n) is 11.2. The highest BCUT2D eigenvalue weighted by Crippen LogP contribution is 2.59. The van der Waals surface area contributed by atoms with Crippen molar-refractivity contribution >= 4 is 18.0 Å². The molecular formula is C27H46N2O8. The Kier molecular flexibility index (Phi) is 10.2. The van der Waals surface area contributed by atoms with E-state index in [1.54, 1.807) is 14.0 Å². The van der Waals surface area contributed by atoms with E-state index < -0.39 is 24.2 Å². The van der Waals surface area contributed by atoms with Crippen molar-refractivity contribution in [1.29, 1.82) is 0 Å². The summed E-state index contributed by atoms with van der Waals surface area (Å²) in [5.74, 6) is 0.00148. The summed E-state index contributed by atoms with van der Waals surface area (Å²) in [6.45, 7) is 9.51. The normalized spacial score (nSPS) is 33.1. The first-order valence-corrected chi connectivity index (χ1v) is 13.8. The van der Waals surface area contributed by atoms with Crippen LogP contribution in [0.1, 0.15) is 79.1 Å². The number of epoxide rings is 2. The van der Waals surface area contributed by atoms with Gasteiger partial charge in [-0.2, -0.15) is 0 Å². The Morgan fingerprint density at radius 3 is 2.46 bits per heavy atom. The molecule has 1 aliphatic carbocycles. The fraction of sp³-hybridized carbons (Fsp3) is 0.889. The summed E-state index contributed by atoms with van der Waals surface area (Å²) in [6.07, 6.45) is 4.15. The molecule has 37 heavy (non-hydrogen) atoms. The number of carbonyl (C=O) groups excluding carboxylic acids is 3. The summed E-state index contributed by atoms with van der Waals surface area (Å²) in [5, 5.41) is 5.48. The Labute approximate surface area is 220 Å². The largest absolute Gasteiger partial charge is 0.467 e. The average molecular weight is 527 g/mol. The third kappa shape index (κ3) is 7.35. The minimum absolute atomic E-state index is 0.0141. The summed E-state index contributed by atoms with van der Waals surface area (Å²) in [7, 11) is 2.92. The molecule has 0 aromatic rings. The molecule has 0 bridgehead atoms. The molecular weight excluding hydrogens is 480 g/mol. The Bertz CT molecular complexity index is 801. The average Bonchev–Trinajstić information content (AvgIpc) is 3.78. The van der Waals surface area contributed by atoms with Crippen molar-refractivity contribution in [3.8, 4) is 0 Å². The van der Waals surface area contributed by atoms with Crippen LogP contribution in [0, 0.1) is 11.8 Å². The van der Waals surface area contributed by atoms with Crippen LogP contribution in [-0.2, 0) is 33.3 Å². The monoisotopic (exact) mass is 526 g/mol. The number of carbonyl (C=O) groups is 3. The Morgan fingerprint density at radius 2 is 1.86 bits per heavy atom. The van der Waals surface area contributed by atoms with E-state index in [1.807, 2.05) is 0 Å². The molecule has 10 heteroatoms. The second kappa shape index (κ2) is 12.8. The number of nitrogens with one attached hydrogen (secondary N) is 2. The zero-order chi connectivity index (χ0) is 27.2. The number of hydrogen-bond donors (Lipinski definition) is 2. The van der Waals surface area contributed by atoms with Gasteiger partial charge in [-0.15, -0.1) is 0 Å². The van der Waals surface area contributed by atoms with Crippen LogP contribution in [-0.4, -0.2) is 80.9 Å². The molecule has 3 rings (SSSR count). The molecule has 212 valence electrons. The Balaban J connectivity index is 1.57. The van der Waals surface area contributed by atoms with Crippen LogP contribution < -0.4 is 10.6 Å². The maximum Gasteiger partial charge on any atom is 0.408 e. The van der Waals surface area contributed by atoms with E-state index in [4.69, 9.17) is 23.7 Å². The van der Waals surface area contributed by atoms with E-state index in [9.17, 15) is 14.4 Å². The number of esters is 1. The highest BCUT2D eigenvalue weighted by molar-refractivity contribution is 5.81. The first kappa shape index (κ1) is 29.6. The lowest BCUT2D eigenvalue weighted by Gasteiger charge is -2.42. The van der Waals surface area contributed by atoms with E-state index in [-0.39, 0.29) is 35.2 Å². The van der Waals surface area contributed by atoms with Gasteiger partial charge in [0.05, 0.1) is 25.7 Å². The van der Waals surface area contributed by atoms with E-state index in [0.717, 1.165) is 19.3 Å². The number of methoxy groups -OCH3 is 2. The van der Waals surface area contributed by atoms with Crippen molar-refractivity contribution in [1.82, 2.24) is 10.6 Å². The van der Waals surface area contributed by atoms with Crippen LogP contribution in [0.2, 0.25) is 0 Å². The molecule has 2 heterocycles. The smallest absolute Gasteiger partial charge is 0.408 e. The molecule has 2 aliphatic heterocycles. The molecule has 3 fully saturated rings. The van der Waals surface area contributed by atoms with E-state index >= 15 is 0 Å². The minimum Gasteiger partial charge on any atom is -0.467 e. The van der Waals surface area contributed by atoms with Crippen LogP contribution in [0.25, 0.3) is 0 Å². The summed E-state index contributed by atoms with van der Waals surface area (Å²) < 4.78 is 28.9. The molecule has 0 radical (unpaired) electrons. The predicted octanol–water partition coefficient (Wildman–Crippen LogP) is 3.11. The van der Waals surface area contributed by atoms with Crippen molar-refractivity contribution in [3.05, 3.63) is 0 Å².